The van der Waals surface area contributed by atoms with Crippen molar-refractivity contribution >= 4 is 11.6 Å². The molecule has 1 heterocycles. The molecule has 0 radical (unpaired) electrons. The first-order valence-corrected chi connectivity index (χ1v) is 5.89. The lowest BCUT2D eigenvalue weighted by molar-refractivity contribution is -0.116. The van der Waals surface area contributed by atoms with E-state index in [4.69, 9.17) is 4.42 Å². The molecular weight excluding hydrogens is 230 g/mol. The Hall–Kier alpha value is -2.17. The van der Waals surface area contributed by atoms with Crippen LogP contribution in [0.1, 0.15) is 25.7 Å². The van der Waals surface area contributed by atoms with Crippen molar-refractivity contribution in [3.8, 4) is 11.5 Å². The maximum Gasteiger partial charge on any atom is 0.247 e. The highest BCUT2D eigenvalue weighted by Gasteiger charge is 2.06. The molecule has 0 aliphatic rings. The Balaban J connectivity index is 2.08. The minimum Gasteiger partial charge on any atom is -0.421 e. The quantitative estimate of drug-likeness (QED) is 0.899. The summed E-state index contributed by atoms with van der Waals surface area (Å²) < 4.78 is 5.32. The molecule has 0 saturated heterocycles. The molecule has 18 heavy (non-hydrogen) atoms. The van der Waals surface area contributed by atoms with Crippen molar-refractivity contribution in [2.75, 3.05) is 5.32 Å². The van der Waals surface area contributed by atoms with Gasteiger partial charge in [-0.05, 0) is 30.7 Å². The molecule has 0 aliphatic heterocycles. The first kappa shape index (κ1) is 12.3. The van der Waals surface area contributed by atoms with Gasteiger partial charge in [-0.1, -0.05) is 6.92 Å². The summed E-state index contributed by atoms with van der Waals surface area (Å²) in [6.07, 6.45) is 1.37. The molecule has 5 nitrogen and oxygen atoms in total. The average molecular weight is 245 g/mol. The first-order valence-electron chi connectivity index (χ1n) is 5.89. The van der Waals surface area contributed by atoms with Crippen LogP contribution in [-0.2, 0) is 4.79 Å². The van der Waals surface area contributed by atoms with Crippen molar-refractivity contribution in [2.24, 2.45) is 0 Å². The fourth-order valence-electron chi connectivity index (χ4n) is 1.56. The minimum atomic E-state index is 0.0267. The Morgan fingerprint density at radius 1 is 1.28 bits per heavy atom. The van der Waals surface area contributed by atoms with Gasteiger partial charge in [0.1, 0.15) is 0 Å². The van der Waals surface area contributed by atoms with Crippen LogP contribution in [0.25, 0.3) is 11.5 Å². The highest BCUT2D eigenvalue weighted by molar-refractivity contribution is 5.90. The Morgan fingerprint density at radius 3 is 2.56 bits per heavy atom. The SMILES string of the molecule is CCCC(=O)Nc1ccc(-c2nnc(C)o2)cc1. The van der Waals surface area contributed by atoms with E-state index in [1.165, 1.54) is 0 Å². The van der Waals surface area contributed by atoms with Crippen molar-refractivity contribution in [1.29, 1.82) is 0 Å². The summed E-state index contributed by atoms with van der Waals surface area (Å²) in [6, 6.07) is 7.33. The van der Waals surface area contributed by atoms with Gasteiger partial charge in [0, 0.05) is 24.6 Å². The topological polar surface area (TPSA) is 68.0 Å². The standard InChI is InChI=1S/C13H15N3O2/c1-3-4-12(17)14-11-7-5-10(6-8-11)13-16-15-9(2)18-13/h5-8H,3-4H2,1-2H3,(H,14,17). The number of rotatable bonds is 4. The van der Waals surface area contributed by atoms with Gasteiger partial charge in [-0.25, -0.2) is 0 Å². The Labute approximate surface area is 105 Å². The monoisotopic (exact) mass is 245 g/mol. The molecule has 1 amide bonds. The molecule has 0 spiro atoms. The first-order chi connectivity index (χ1) is 8.69. The maximum absolute atomic E-state index is 11.4. The predicted octanol–water partition coefficient (Wildman–Crippen LogP) is 2.78. The summed E-state index contributed by atoms with van der Waals surface area (Å²) in [7, 11) is 0. The molecular formula is C13H15N3O2. The summed E-state index contributed by atoms with van der Waals surface area (Å²) in [5.41, 5.74) is 1.61. The number of nitrogens with one attached hydrogen (secondary N) is 1. The van der Waals surface area contributed by atoms with Gasteiger partial charge in [-0.2, -0.15) is 0 Å². The molecule has 1 N–H and O–H groups in total. The van der Waals surface area contributed by atoms with E-state index in [1.807, 2.05) is 31.2 Å². The van der Waals surface area contributed by atoms with Gasteiger partial charge in [0.15, 0.2) is 0 Å². The number of benzene rings is 1. The van der Waals surface area contributed by atoms with E-state index < -0.39 is 0 Å². The van der Waals surface area contributed by atoms with E-state index in [9.17, 15) is 4.79 Å². The number of nitrogens with zero attached hydrogens (tertiary/aromatic N) is 2. The van der Waals surface area contributed by atoms with Crippen molar-refractivity contribution in [3.63, 3.8) is 0 Å². The molecule has 1 aromatic heterocycles. The second-order valence-corrected chi connectivity index (χ2v) is 4.00. The van der Waals surface area contributed by atoms with E-state index in [2.05, 4.69) is 15.5 Å². The van der Waals surface area contributed by atoms with Crippen molar-refractivity contribution in [2.45, 2.75) is 26.7 Å². The zero-order valence-electron chi connectivity index (χ0n) is 10.4. The summed E-state index contributed by atoms with van der Waals surface area (Å²) in [4.78, 5) is 11.4. The van der Waals surface area contributed by atoms with Crippen molar-refractivity contribution in [3.05, 3.63) is 30.2 Å². The lowest BCUT2D eigenvalue weighted by Gasteiger charge is -2.04. The van der Waals surface area contributed by atoms with Crippen LogP contribution in [0.5, 0.6) is 0 Å². The normalized spacial score (nSPS) is 10.3. The fraction of sp³-hybridized carbons (Fsp3) is 0.308. The molecule has 2 aromatic rings. The third-order valence-electron chi connectivity index (χ3n) is 2.42. The number of aromatic nitrogens is 2. The highest BCUT2D eigenvalue weighted by Crippen LogP contribution is 2.20. The van der Waals surface area contributed by atoms with Gasteiger partial charge >= 0.3 is 0 Å². The van der Waals surface area contributed by atoms with E-state index in [1.54, 1.807) is 6.92 Å². The average Bonchev–Trinajstić information content (AvgIpc) is 2.77. The minimum absolute atomic E-state index is 0.0267. The van der Waals surface area contributed by atoms with E-state index in [-0.39, 0.29) is 5.91 Å². The van der Waals surface area contributed by atoms with Crippen LogP contribution in [0.3, 0.4) is 0 Å². The summed E-state index contributed by atoms with van der Waals surface area (Å²) in [6.45, 7) is 3.72. The number of hydrogen-bond donors (Lipinski definition) is 1. The molecule has 2 rings (SSSR count). The molecule has 0 bridgehead atoms. The lowest BCUT2D eigenvalue weighted by atomic mass is 10.2. The van der Waals surface area contributed by atoms with E-state index >= 15 is 0 Å². The summed E-state index contributed by atoms with van der Waals surface area (Å²) in [5, 5.41) is 10.5. The van der Waals surface area contributed by atoms with E-state index in [0.717, 1.165) is 17.7 Å². The van der Waals surface area contributed by atoms with Gasteiger partial charge in [-0.15, -0.1) is 10.2 Å². The van der Waals surface area contributed by atoms with Crippen LogP contribution >= 0.6 is 0 Å². The zero-order chi connectivity index (χ0) is 13.0. The van der Waals surface area contributed by atoms with Crippen LogP contribution in [-0.4, -0.2) is 16.1 Å². The Bertz CT molecular complexity index is 531. The zero-order valence-corrected chi connectivity index (χ0v) is 10.4. The largest absolute Gasteiger partial charge is 0.421 e. The molecule has 5 heteroatoms. The smallest absolute Gasteiger partial charge is 0.247 e. The van der Waals surface area contributed by atoms with Gasteiger partial charge < -0.3 is 9.73 Å². The van der Waals surface area contributed by atoms with Gasteiger partial charge in [0.25, 0.3) is 0 Å². The molecule has 0 fully saturated rings. The number of carbonyl (C=O) groups is 1. The number of hydrogen-bond acceptors (Lipinski definition) is 4. The fourth-order valence-corrected chi connectivity index (χ4v) is 1.56. The number of aryl methyl sites for hydroxylation is 1. The summed E-state index contributed by atoms with van der Waals surface area (Å²) in [5.74, 6) is 1.04. The summed E-state index contributed by atoms with van der Waals surface area (Å²) >= 11 is 0. The predicted molar refractivity (Wildman–Crippen MR) is 68.0 cm³/mol. The molecule has 1 aromatic carbocycles. The molecule has 0 atom stereocenters. The van der Waals surface area contributed by atoms with Crippen LogP contribution in [0.4, 0.5) is 5.69 Å². The number of anilines is 1. The highest BCUT2D eigenvalue weighted by atomic mass is 16.4. The van der Waals surface area contributed by atoms with Gasteiger partial charge in [-0.3, -0.25) is 4.79 Å². The Kier molecular flexibility index (Phi) is 3.72. The number of amides is 1. The van der Waals surface area contributed by atoms with Crippen LogP contribution in [0.2, 0.25) is 0 Å². The Morgan fingerprint density at radius 2 is 2.00 bits per heavy atom. The van der Waals surface area contributed by atoms with Gasteiger partial charge in [0.2, 0.25) is 17.7 Å². The second kappa shape index (κ2) is 5.44. The number of carbonyl (C=O) groups excluding carboxylic acids is 1. The second-order valence-electron chi connectivity index (χ2n) is 4.00. The van der Waals surface area contributed by atoms with Crippen molar-refractivity contribution in [1.82, 2.24) is 10.2 Å². The van der Waals surface area contributed by atoms with Gasteiger partial charge in [0.05, 0.1) is 0 Å². The lowest BCUT2D eigenvalue weighted by Crippen LogP contribution is -2.10. The van der Waals surface area contributed by atoms with E-state index in [0.29, 0.717) is 18.2 Å². The van der Waals surface area contributed by atoms with Crippen LogP contribution in [0.15, 0.2) is 28.7 Å². The molecule has 94 valence electrons. The third-order valence-corrected chi connectivity index (χ3v) is 2.42. The van der Waals surface area contributed by atoms with Crippen LogP contribution in [0, 0.1) is 6.92 Å². The molecule has 0 saturated carbocycles. The molecule has 0 unspecified atom stereocenters. The van der Waals surface area contributed by atoms with Crippen LogP contribution < -0.4 is 5.32 Å². The maximum atomic E-state index is 11.4. The van der Waals surface area contributed by atoms with Crippen molar-refractivity contribution < 1.29 is 9.21 Å². The molecule has 0 aliphatic carbocycles. The third kappa shape index (κ3) is 2.94.